The van der Waals surface area contributed by atoms with E-state index in [0.29, 0.717) is 5.01 Å². The summed E-state index contributed by atoms with van der Waals surface area (Å²) >= 11 is 1.20. The molecule has 104 valence electrons. The first-order valence-electron chi connectivity index (χ1n) is 5.78. The van der Waals surface area contributed by atoms with Crippen LogP contribution in [0.25, 0.3) is 0 Å². The van der Waals surface area contributed by atoms with Crippen molar-refractivity contribution in [3.63, 3.8) is 0 Å². The fourth-order valence-electron chi connectivity index (χ4n) is 1.53. The Morgan fingerprint density at radius 1 is 1.63 bits per heavy atom. The number of aromatic carboxylic acids is 1. The summed E-state index contributed by atoms with van der Waals surface area (Å²) in [5.41, 5.74) is -0.256. The van der Waals surface area contributed by atoms with Crippen molar-refractivity contribution in [3.05, 3.63) is 16.1 Å². The van der Waals surface area contributed by atoms with Crippen molar-refractivity contribution >= 4 is 23.2 Å². The zero-order chi connectivity index (χ0) is 13.9. The fraction of sp³-hybridized carbons (Fsp3) is 0.545. The van der Waals surface area contributed by atoms with Crippen LogP contribution in [0.2, 0.25) is 0 Å². The maximum Gasteiger partial charge on any atom is 0.355 e. The van der Waals surface area contributed by atoms with E-state index in [2.05, 4.69) is 15.6 Å². The van der Waals surface area contributed by atoms with Crippen LogP contribution in [0.1, 0.15) is 22.4 Å². The summed E-state index contributed by atoms with van der Waals surface area (Å²) in [7, 11) is 0. The van der Waals surface area contributed by atoms with Gasteiger partial charge < -0.3 is 20.5 Å². The molecule has 19 heavy (non-hydrogen) atoms. The number of ether oxygens (including phenoxy) is 1. The zero-order valence-corrected chi connectivity index (χ0v) is 11.2. The number of rotatable bonds is 6. The molecule has 0 spiro atoms. The number of carboxylic acid groups (broad SMARTS) is 1. The van der Waals surface area contributed by atoms with Crippen LogP contribution in [-0.4, -0.2) is 47.3 Å². The van der Waals surface area contributed by atoms with E-state index in [1.165, 1.54) is 16.7 Å². The minimum atomic E-state index is -1.07. The van der Waals surface area contributed by atoms with Crippen LogP contribution in [0.3, 0.4) is 0 Å². The Bertz CT molecular complexity index is 484. The van der Waals surface area contributed by atoms with Crippen molar-refractivity contribution in [2.75, 3.05) is 19.7 Å². The average Bonchev–Trinajstić information content (AvgIpc) is 2.80. The summed E-state index contributed by atoms with van der Waals surface area (Å²) in [6.07, 6.45) is 0. The second-order valence-corrected chi connectivity index (χ2v) is 5.49. The zero-order valence-electron chi connectivity index (χ0n) is 10.4. The predicted octanol–water partition coefficient (Wildman–Crippen LogP) is -0.164. The maximum atomic E-state index is 11.5. The maximum absolute atomic E-state index is 11.5. The molecular formula is C11H15N3O4S. The molecule has 1 aliphatic heterocycles. The molecule has 7 nitrogen and oxygen atoms in total. The first kappa shape index (κ1) is 13.9. The van der Waals surface area contributed by atoms with Gasteiger partial charge in [-0.15, -0.1) is 11.3 Å². The van der Waals surface area contributed by atoms with E-state index in [9.17, 15) is 9.59 Å². The molecule has 1 amide bonds. The van der Waals surface area contributed by atoms with Gasteiger partial charge >= 0.3 is 5.97 Å². The van der Waals surface area contributed by atoms with Gasteiger partial charge in [0.2, 0.25) is 5.91 Å². The molecule has 1 aromatic rings. The van der Waals surface area contributed by atoms with Crippen molar-refractivity contribution in [2.24, 2.45) is 0 Å². The monoisotopic (exact) mass is 285 g/mol. The van der Waals surface area contributed by atoms with Gasteiger partial charge in [0.15, 0.2) is 5.69 Å². The molecule has 2 heterocycles. The third kappa shape index (κ3) is 3.72. The molecule has 0 bridgehead atoms. The Labute approximate surface area is 114 Å². The van der Waals surface area contributed by atoms with E-state index >= 15 is 0 Å². The molecule has 3 N–H and O–H groups in total. The number of nitrogens with one attached hydrogen (secondary N) is 2. The van der Waals surface area contributed by atoms with Crippen molar-refractivity contribution in [2.45, 2.75) is 19.1 Å². The number of amides is 1. The summed E-state index contributed by atoms with van der Waals surface area (Å²) < 4.78 is 5.47. The molecular weight excluding hydrogens is 270 g/mol. The number of hydrogen-bond acceptors (Lipinski definition) is 6. The molecule has 1 saturated heterocycles. The quantitative estimate of drug-likeness (QED) is 0.671. The minimum Gasteiger partial charge on any atom is -0.476 e. The van der Waals surface area contributed by atoms with E-state index in [1.54, 1.807) is 0 Å². The van der Waals surface area contributed by atoms with Gasteiger partial charge in [-0.05, 0) is 6.92 Å². The molecule has 0 radical (unpaired) electrons. The van der Waals surface area contributed by atoms with Crippen LogP contribution in [-0.2, 0) is 16.1 Å². The van der Waals surface area contributed by atoms with Crippen LogP contribution in [0.4, 0.5) is 0 Å². The van der Waals surface area contributed by atoms with E-state index in [-0.39, 0.29) is 30.4 Å². The summed E-state index contributed by atoms with van der Waals surface area (Å²) in [4.78, 5) is 26.1. The molecule has 0 aliphatic carbocycles. The number of hydrogen-bond donors (Lipinski definition) is 3. The molecule has 1 aromatic heterocycles. The number of thiazole rings is 1. The van der Waals surface area contributed by atoms with Gasteiger partial charge in [-0.2, -0.15) is 0 Å². The van der Waals surface area contributed by atoms with Crippen molar-refractivity contribution in [1.29, 1.82) is 0 Å². The van der Waals surface area contributed by atoms with Gasteiger partial charge in [0.1, 0.15) is 11.6 Å². The molecule has 1 aliphatic rings. The first-order chi connectivity index (χ1) is 8.98. The Kier molecular flexibility index (Phi) is 4.13. The summed E-state index contributed by atoms with van der Waals surface area (Å²) in [5.74, 6) is -1.30. The Hall–Kier alpha value is -1.51. The van der Waals surface area contributed by atoms with Gasteiger partial charge in [-0.25, -0.2) is 9.78 Å². The number of carboxylic acids is 1. The van der Waals surface area contributed by atoms with Crippen molar-refractivity contribution in [3.8, 4) is 0 Å². The van der Waals surface area contributed by atoms with E-state index in [1.807, 2.05) is 6.92 Å². The van der Waals surface area contributed by atoms with Gasteiger partial charge in [0.05, 0.1) is 12.1 Å². The summed E-state index contributed by atoms with van der Waals surface area (Å²) in [6, 6.07) is 0. The van der Waals surface area contributed by atoms with E-state index in [4.69, 9.17) is 9.84 Å². The lowest BCUT2D eigenvalue weighted by atomic mass is 10.0. The molecule has 2 rings (SSSR count). The number of aromatic nitrogens is 1. The molecule has 8 heteroatoms. The van der Waals surface area contributed by atoms with Crippen LogP contribution >= 0.6 is 11.3 Å². The van der Waals surface area contributed by atoms with Gasteiger partial charge in [0, 0.05) is 18.5 Å². The highest BCUT2D eigenvalue weighted by Crippen LogP contribution is 2.14. The molecule has 0 atom stereocenters. The van der Waals surface area contributed by atoms with Crippen LogP contribution in [0.15, 0.2) is 5.38 Å². The van der Waals surface area contributed by atoms with Crippen LogP contribution < -0.4 is 10.6 Å². The van der Waals surface area contributed by atoms with Crippen molar-refractivity contribution < 1.29 is 19.4 Å². The lowest BCUT2D eigenvalue weighted by Gasteiger charge is -2.38. The largest absolute Gasteiger partial charge is 0.476 e. The second kappa shape index (κ2) is 5.64. The normalized spacial score (nSPS) is 16.7. The molecule has 0 unspecified atom stereocenters. The fourth-order valence-corrected chi connectivity index (χ4v) is 2.24. The van der Waals surface area contributed by atoms with Crippen molar-refractivity contribution in [1.82, 2.24) is 15.6 Å². The average molecular weight is 285 g/mol. The highest BCUT2D eigenvalue weighted by atomic mass is 32.1. The smallest absolute Gasteiger partial charge is 0.355 e. The Morgan fingerprint density at radius 3 is 2.89 bits per heavy atom. The number of carbonyl (C=O) groups is 2. The lowest BCUT2D eigenvalue weighted by Crippen LogP contribution is -2.59. The molecule has 1 fully saturated rings. The second-order valence-electron chi connectivity index (χ2n) is 4.55. The molecule has 0 saturated carbocycles. The Balaban J connectivity index is 1.72. The minimum absolute atomic E-state index is 0.00134. The van der Waals surface area contributed by atoms with Crippen LogP contribution in [0.5, 0.6) is 0 Å². The van der Waals surface area contributed by atoms with E-state index < -0.39 is 5.97 Å². The number of nitrogens with zero attached hydrogens (tertiary/aromatic N) is 1. The number of carbonyl (C=O) groups excluding carboxylic acids is 1. The predicted molar refractivity (Wildman–Crippen MR) is 68.1 cm³/mol. The van der Waals surface area contributed by atoms with Gasteiger partial charge in [-0.3, -0.25) is 4.79 Å². The van der Waals surface area contributed by atoms with Crippen LogP contribution in [0, 0.1) is 0 Å². The van der Waals surface area contributed by atoms with Gasteiger partial charge in [-0.1, -0.05) is 0 Å². The molecule has 0 aromatic carbocycles. The lowest BCUT2D eigenvalue weighted by molar-refractivity contribution is -0.136. The van der Waals surface area contributed by atoms with Gasteiger partial charge in [0.25, 0.3) is 0 Å². The topological polar surface area (TPSA) is 101 Å². The first-order valence-corrected chi connectivity index (χ1v) is 6.65. The van der Waals surface area contributed by atoms with E-state index in [0.717, 1.165) is 13.1 Å². The summed E-state index contributed by atoms with van der Waals surface area (Å²) in [5, 5.41) is 16.4. The SMILES string of the molecule is CC1(OCC(=O)NCc2nc(C(=O)O)cs2)CNC1. The Morgan fingerprint density at radius 2 is 2.37 bits per heavy atom. The highest BCUT2D eigenvalue weighted by Gasteiger charge is 2.32. The summed E-state index contributed by atoms with van der Waals surface area (Å²) in [6.45, 7) is 3.64. The highest BCUT2D eigenvalue weighted by molar-refractivity contribution is 7.09. The standard InChI is InChI=1S/C11H15N3O4S/c1-11(5-12-6-11)18-3-8(15)13-2-9-14-7(4-19-9)10(16)17/h4,12H,2-3,5-6H2,1H3,(H,13,15)(H,16,17). The third-order valence-corrected chi connectivity index (χ3v) is 3.61. The third-order valence-electron chi connectivity index (χ3n) is 2.76.